The summed E-state index contributed by atoms with van der Waals surface area (Å²) in [5.74, 6) is -0.377. The Bertz CT molecular complexity index is 596. The summed E-state index contributed by atoms with van der Waals surface area (Å²) in [6.07, 6.45) is 1.53. The Balaban J connectivity index is 2.43. The van der Waals surface area contributed by atoms with E-state index in [-0.39, 0.29) is 5.97 Å². The minimum Gasteiger partial charge on any atom is -0.465 e. The molecule has 18 heavy (non-hydrogen) atoms. The number of rotatable bonds is 2. The van der Waals surface area contributed by atoms with Crippen molar-refractivity contribution in [1.29, 1.82) is 0 Å². The number of carbonyl (C=O) groups is 1. The Kier molecular flexibility index (Phi) is 3.63. The molecule has 1 aromatic carbocycles. The molecule has 0 fully saturated rings. The van der Waals surface area contributed by atoms with E-state index in [1.54, 1.807) is 6.07 Å². The van der Waals surface area contributed by atoms with E-state index in [4.69, 9.17) is 11.6 Å². The normalized spacial score (nSPS) is 10.2. The fourth-order valence-electron chi connectivity index (χ4n) is 1.69. The fraction of sp³-hybridized carbons (Fsp3) is 0.143. The van der Waals surface area contributed by atoms with Crippen molar-refractivity contribution >= 4 is 17.6 Å². The highest BCUT2D eigenvalue weighted by molar-refractivity contribution is 6.30. The number of benzene rings is 1. The molecule has 0 saturated heterocycles. The van der Waals surface area contributed by atoms with Crippen LogP contribution in [0.1, 0.15) is 15.9 Å². The zero-order valence-corrected chi connectivity index (χ0v) is 10.9. The van der Waals surface area contributed by atoms with E-state index in [0.29, 0.717) is 10.6 Å². The standard InChI is InChI=1S/C14H12ClNO2/c1-9-6-13(10-4-3-5-11(15)7-10)16-8-12(9)14(17)18-2/h3-8H,1-2H3. The van der Waals surface area contributed by atoms with Crippen LogP contribution >= 0.6 is 11.6 Å². The van der Waals surface area contributed by atoms with Gasteiger partial charge in [0.1, 0.15) is 0 Å². The number of methoxy groups -OCH3 is 1. The van der Waals surface area contributed by atoms with Crippen LogP contribution < -0.4 is 0 Å². The summed E-state index contributed by atoms with van der Waals surface area (Å²) in [7, 11) is 1.35. The zero-order valence-electron chi connectivity index (χ0n) is 10.1. The first-order valence-electron chi connectivity index (χ1n) is 5.42. The summed E-state index contributed by atoms with van der Waals surface area (Å²) >= 11 is 5.94. The lowest BCUT2D eigenvalue weighted by Gasteiger charge is -2.06. The van der Waals surface area contributed by atoms with Crippen molar-refractivity contribution in [1.82, 2.24) is 4.98 Å². The van der Waals surface area contributed by atoms with Crippen LogP contribution in [-0.2, 0) is 4.74 Å². The number of esters is 1. The van der Waals surface area contributed by atoms with E-state index < -0.39 is 0 Å². The van der Waals surface area contributed by atoms with Gasteiger partial charge >= 0.3 is 5.97 Å². The van der Waals surface area contributed by atoms with Crippen molar-refractivity contribution in [2.24, 2.45) is 0 Å². The van der Waals surface area contributed by atoms with Gasteiger partial charge in [-0.1, -0.05) is 23.7 Å². The smallest absolute Gasteiger partial charge is 0.339 e. The number of nitrogens with zero attached hydrogens (tertiary/aromatic N) is 1. The topological polar surface area (TPSA) is 39.2 Å². The molecule has 2 aromatic rings. The van der Waals surface area contributed by atoms with Gasteiger partial charge in [0.2, 0.25) is 0 Å². The third kappa shape index (κ3) is 2.51. The molecule has 0 aliphatic carbocycles. The molecule has 0 aliphatic rings. The quantitative estimate of drug-likeness (QED) is 0.777. The van der Waals surface area contributed by atoms with Crippen LogP contribution in [0.4, 0.5) is 0 Å². The molecule has 0 spiro atoms. The summed E-state index contributed by atoms with van der Waals surface area (Å²) in [4.78, 5) is 15.7. The Hall–Kier alpha value is -1.87. The summed E-state index contributed by atoms with van der Waals surface area (Å²) < 4.78 is 4.68. The summed E-state index contributed by atoms with van der Waals surface area (Å²) in [6.45, 7) is 1.85. The molecule has 0 amide bonds. The second kappa shape index (κ2) is 5.19. The first-order valence-corrected chi connectivity index (χ1v) is 5.80. The predicted molar refractivity (Wildman–Crippen MR) is 70.8 cm³/mol. The van der Waals surface area contributed by atoms with Crippen molar-refractivity contribution < 1.29 is 9.53 Å². The van der Waals surface area contributed by atoms with Gasteiger partial charge < -0.3 is 4.74 Å². The van der Waals surface area contributed by atoms with Crippen molar-refractivity contribution in [3.63, 3.8) is 0 Å². The Morgan fingerprint density at radius 3 is 2.72 bits per heavy atom. The molecular weight excluding hydrogens is 250 g/mol. The molecule has 2 rings (SSSR count). The Morgan fingerprint density at radius 2 is 2.11 bits per heavy atom. The molecule has 1 aromatic heterocycles. The van der Waals surface area contributed by atoms with Crippen LogP contribution in [0.3, 0.4) is 0 Å². The van der Waals surface area contributed by atoms with Crippen molar-refractivity contribution in [3.05, 3.63) is 52.7 Å². The fourth-order valence-corrected chi connectivity index (χ4v) is 1.88. The third-order valence-electron chi connectivity index (χ3n) is 2.64. The lowest BCUT2D eigenvalue weighted by Crippen LogP contribution is -2.04. The van der Waals surface area contributed by atoms with Gasteiger partial charge in [0, 0.05) is 16.8 Å². The largest absolute Gasteiger partial charge is 0.465 e. The molecule has 0 saturated carbocycles. The van der Waals surface area contributed by atoms with Gasteiger partial charge in [-0.15, -0.1) is 0 Å². The number of halogens is 1. The summed E-state index contributed by atoms with van der Waals surface area (Å²) in [6, 6.07) is 9.27. The van der Waals surface area contributed by atoms with E-state index in [1.165, 1.54) is 13.3 Å². The molecule has 0 bridgehead atoms. The molecular formula is C14H12ClNO2. The molecule has 0 radical (unpaired) electrons. The molecule has 1 heterocycles. The minimum atomic E-state index is -0.377. The van der Waals surface area contributed by atoms with Crippen LogP contribution in [0.2, 0.25) is 5.02 Å². The third-order valence-corrected chi connectivity index (χ3v) is 2.87. The van der Waals surface area contributed by atoms with Gasteiger partial charge in [0.25, 0.3) is 0 Å². The van der Waals surface area contributed by atoms with Gasteiger partial charge in [0.15, 0.2) is 0 Å². The van der Waals surface area contributed by atoms with Crippen LogP contribution in [0.5, 0.6) is 0 Å². The number of aryl methyl sites for hydroxylation is 1. The average Bonchev–Trinajstić information content (AvgIpc) is 2.37. The SMILES string of the molecule is COC(=O)c1cnc(-c2cccc(Cl)c2)cc1C. The highest BCUT2D eigenvalue weighted by atomic mass is 35.5. The molecule has 4 heteroatoms. The lowest BCUT2D eigenvalue weighted by molar-refractivity contribution is 0.0599. The number of pyridine rings is 1. The monoisotopic (exact) mass is 261 g/mol. The van der Waals surface area contributed by atoms with E-state index in [2.05, 4.69) is 9.72 Å². The number of aromatic nitrogens is 1. The number of carbonyl (C=O) groups excluding carboxylic acids is 1. The molecule has 92 valence electrons. The molecule has 0 atom stereocenters. The van der Waals surface area contributed by atoms with Crippen molar-refractivity contribution in [2.75, 3.05) is 7.11 Å². The Morgan fingerprint density at radius 1 is 1.33 bits per heavy atom. The van der Waals surface area contributed by atoms with E-state index >= 15 is 0 Å². The van der Waals surface area contributed by atoms with E-state index in [9.17, 15) is 4.79 Å². The Labute approximate surface area is 110 Å². The van der Waals surface area contributed by atoms with E-state index in [1.807, 2.05) is 31.2 Å². The number of hydrogen-bond acceptors (Lipinski definition) is 3. The second-order valence-electron chi connectivity index (χ2n) is 3.89. The minimum absolute atomic E-state index is 0.377. The van der Waals surface area contributed by atoms with Crippen LogP contribution in [-0.4, -0.2) is 18.1 Å². The predicted octanol–water partition coefficient (Wildman–Crippen LogP) is 3.50. The maximum atomic E-state index is 11.5. The summed E-state index contributed by atoms with van der Waals surface area (Å²) in [5, 5.41) is 0.656. The highest BCUT2D eigenvalue weighted by Gasteiger charge is 2.11. The average molecular weight is 262 g/mol. The van der Waals surface area contributed by atoms with Gasteiger partial charge in [-0.2, -0.15) is 0 Å². The maximum absolute atomic E-state index is 11.5. The van der Waals surface area contributed by atoms with Gasteiger partial charge in [-0.3, -0.25) is 4.98 Å². The first kappa shape index (κ1) is 12.6. The van der Waals surface area contributed by atoms with Crippen LogP contribution in [0, 0.1) is 6.92 Å². The van der Waals surface area contributed by atoms with Gasteiger partial charge in [-0.25, -0.2) is 4.79 Å². The zero-order chi connectivity index (χ0) is 13.1. The van der Waals surface area contributed by atoms with Crippen LogP contribution in [0.25, 0.3) is 11.3 Å². The van der Waals surface area contributed by atoms with Crippen molar-refractivity contribution in [2.45, 2.75) is 6.92 Å². The molecule has 3 nitrogen and oxygen atoms in total. The van der Waals surface area contributed by atoms with Crippen LogP contribution in [0.15, 0.2) is 36.5 Å². The van der Waals surface area contributed by atoms with Gasteiger partial charge in [-0.05, 0) is 30.7 Å². The van der Waals surface area contributed by atoms with E-state index in [0.717, 1.165) is 16.8 Å². The number of hydrogen-bond donors (Lipinski definition) is 0. The second-order valence-corrected chi connectivity index (χ2v) is 4.32. The molecule has 0 unspecified atom stereocenters. The highest BCUT2D eigenvalue weighted by Crippen LogP contribution is 2.22. The maximum Gasteiger partial charge on any atom is 0.339 e. The molecule has 0 N–H and O–H groups in total. The number of ether oxygens (including phenoxy) is 1. The first-order chi connectivity index (χ1) is 8.61. The summed E-state index contributed by atoms with van der Waals surface area (Å²) in [5.41, 5.74) is 3.00. The van der Waals surface area contributed by atoms with Crippen molar-refractivity contribution in [3.8, 4) is 11.3 Å². The lowest BCUT2D eigenvalue weighted by atomic mass is 10.1. The van der Waals surface area contributed by atoms with Gasteiger partial charge in [0.05, 0.1) is 18.4 Å². The molecule has 0 aliphatic heterocycles.